The van der Waals surface area contributed by atoms with Gasteiger partial charge in [-0.15, -0.1) is 0 Å². The molecule has 3 nitrogen and oxygen atoms in total. The molecule has 0 unspecified atom stereocenters. The van der Waals surface area contributed by atoms with Crippen LogP contribution < -0.4 is 0 Å². The molecule has 1 heterocycles. The van der Waals surface area contributed by atoms with Gasteiger partial charge in [-0.05, 0) is 47.5 Å². The molecule has 0 amide bonds. The van der Waals surface area contributed by atoms with E-state index in [1.54, 1.807) is 60.7 Å². The minimum absolute atomic E-state index is 0.250. The molecule has 3 rings (SSSR count). The predicted octanol–water partition coefficient (Wildman–Crippen LogP) is 4.46. The van der Waals surface area contributed by atoms with Crippen molar-refractivity contribution >= 4 is 51.0 Å². The highest BCUT2D eigenvalue weighted by atomic mass is 35.5. The summed E-state index contributed by atoms with van der Waals surface area (Å²) in [5, 5.41) is 1.15. The van der Waals surface area contributed by atoms with Gasteiger partial charge in [0.15, 0.2) is 15.6 Å². The van der Waals surface area contributed by atoms with Crippen molar-refractivity contribution < 1.29 is 13.2 Å². The number of hydrogen-bond donors (Lipinski definition) is 0. The van der Waals surface area contributed by atoms with Gasteiger partial charge >= 0.3 is 0 Å². The van der Waals surface area contributed by atoms with E-state index < -0.39 is 9.84 Å². The van der Waals surface area contributed by atoms with E-state index in [0.29, 0.717) is 10.0 Å². The molecule has 0 aliphatic carbocycles. The van der Waals surface area contributed by atoms with E-state index in [2.05, 4.69) is 0 Å². The van der Waals surface area contributed by atoms with E-state index in [0.717, 1.165) is 11.1 Å². The standard InChI is InChI=1S/C19H14Cl2O3S/c20-17-5-1-13(2-6-17)9-15-11-25(23,24)12-16(19(15)22)10-14-3-7-18(21)8-4-14/h1-10H,11-12H2. The third-order valence-corrected chi connectivity index (χ3v) is 5.76. The van der Waals surface area contributed by atoms with Crippen molar-refractivity contribution in [1.82, 2.24) is 0 Å². The molecule has 0 spiro atoms. The molecule has 0 bridgehead atoms. The number of carbonyl (C=O) groups is 1. The topological polar surface area (TPSA) is 51.2 Å². The molecule has 0 aromatic heterocycles. The van der Waals surface area contributed by atoms with Crippen LogP contribution in [0.4, 0.5) is 0 Å². The Hall–Kier alpha value is -1.88. The number of rotatable bonds is 2. The summed E-state index contributed by atoms with van der Waals surface area (Å²) in [5.41, 5.74) is 1.98. The molecule has 0 saturated carbocycles. The minimum Gasteiger partial charge on any atom is -0.289 e. The molecule has 2 aromatic carbocycles. The van der Waals surface area contributed by atoms with Crippen molar-refractivity contribution in [2.45, 2.75) is 0 Å². The van der Waals surface area contributed by atoms with Crippen LogP contribution in [-0.2, 0) is 14.6 Å². The van der Waals surface area contributed by atoms with Gasteiger partial charge in [0.1, 0.15) is 0 Å². The minimum atomic E-state index is -3.38. The maximum atomic E-state index is 12.7. The van der Waals surface area contributed by atoms with Crippen LogP contribution in [0, 0.1) is 0 Å². The predicted molar refractivity (Wildman–Crippen MR) is 103 cm³/mol. The van der Waals surface area contributed by atoms with Crippen LogP contribution in [0.15, 0.2) is 59.7 Å². The quantitative estimate of drug-likeness (QED) is 0.708. The van der Waals surface area contributed by atoms with Gasteiger partial charge in [0.2, 0.25) is 0 Å². The number of ketones is 1. The lowest BCUT2D eigenvalue weighted by Gasteiger charge is -2.17. The number of benzene rings is 2. The first-order valence-corrected chi connectivity index (χ1v) is 10.1. The van der Waals surface area contributed by atoms with Gasteiger partial charge in [-0.25, -0.2) is 8.42 Å². The van der Waals surface area contributed by atoms with E-state index >= 15 is 0 Å². The van der Waals surface area contributed by atoms with Crippen molar-refractivity contribution in [1.29, 1.82) is 0 Å². The summed E-state index contributed by atoms with van der Waals surface area (Å²) in [6.07, 6.45) is 3.20. The van der Waals surface area contributed by atoms with Crippen LogP contribution in [0.25, 0.3) is 12.2 Å². The molecule has 1 saturated heterocycles. The fourth-order valence-corrected chi connectivity index (χ4v) is 4.33. The zero-order chi connectivity index (χ0) is 18.0. The summed E-state index contributed by atoms with van der Waals surface area (Å²) >= 11 is 11.7. The Morgan fingerprint density at radius 2 is 1.08 bits per heavy atom. The molecule has 1 aliphatic heterocycles. The molecule has 2 aromatic rings. The van der Waals surface area contributed by atoms with Gasteiger partial charge in [-0.1, -0.05) is 47.5 Å². The van der Waals surface area contributed by atoms with Gasteiger partial charge in [-0.2, -0.15) is 0 Å². The third kappa shape index (κ3) is 4.60. The van der Waals surface area contributed by atoms with Crippen molar-refractivity contribution in [3.05, 3.63) is 80.8 Å². The molecular weight excluding hydrogens is 379 g/mol. The van der Waals surface area contributed by atoms with Gasteiger partial charge in [0.05, 0.1) is 11.5 Å². The lowest BCUT2D eigenvalue weighted by molar-refractivity contribution is -0.112. The van der Waals surface area contributed by atoms with Crippen molar-refractivity contribution in [3.63, 3.8) is 0 Å². The van der Waals surface area contributed by atoms with Gasteiger partial charge in [-0.3, -0.25) is 4.79 Å². The van der Waals surface area contributed by atoms with Gasteiger partial charge in [0, 0.05) is 21.2 Å². The summed E-state index contributed by atoms with van der Waals surface area (Å²) < 4.78 is 24.5. The summed E-state index contributed by atoms with van der Waals surface area (Å²) in [4.78, 5) is 12.7. The first kappa shape index (κ1) is 17.9. The third-order valence-electron chi connectivity index (χ3n) is 3.76. The zero-order valence-corrected chi connectivity index (χ0v) is 15.4. The fourth-order valence-electron chi connectivity index (χ4n) is 2.60. The smallest absolute Gasteiger partial charge is 0.187 e. The first-order chi connectivity index (χ1) is 11.8. The van der Waals surface area contributed by atoms with E-state index in [9.17, 15) is 13.2 Å². The van der Waals surface area contributed by atoms with Crippen molar-refractivity contribution in [2.75, 3.05) is 11.5 Å². The maximum absolute atomic E-state index is 12.7. The van der Waals surface area contributed by atoms with Gasteiger partial charge in [0.25, 0.3) is 0 Å². The monoisotopic (exact) mass is 392 g/mol. The Bertz CT molecular complexity index is 897. The van der Waals surface area contributed by atoms with Crippen LogP contribution >= 0.6 is 23.2 Å². The second-order valence-corrected chi connectivity index (χ2v) is 8.74. The van der Waals surface area contributed by atoms with E-state index in [1.807, 2.05) is 0 Å². The second-order valence-electron chi connectivity index (χ2n) is 5.80. The largest absolute Gasteiger partial charge is 0.289 e. The Labute approximate surface area is 156 Å². The summed E-state index contributed by atoms with van der Waals surface area (Å²) in [6.45, 7) is 0. The number of hydrogen-bond acceptors (Lipinski definition) is 3. The molecule has 1 aliphatic rings. The van der Waals surface area contributed by atoms with Crippen LogP contribution in [-0.4, -0.2) is 25.7 Å². The summed E-state index contributed by atoms with van der Waals surface area (Å²) in [5.74, 6) is -0.765. The van der Waals surface area contributed by atoms with Crippen molar-refractivity contribution in [3.8, 4) is 0 Å². The van der Waals surface area contributed by atoms with Crippen LogP contribution in [0.5, 0.6) is 0 Å². The van der Waals surface area contributed by atoms with E-state index in [1.165, 1.54) is 0 Å². The Balaban J connectivity index is 1.99. The van der Waals surface area contributed by atoms with Crippen LogP contribution in [0.2, 0.25) is 10.0 Å². The maximum Gasteiger partial charge on any atom is 0.187 e. The number of Topliss-reactive ketones (excluding diaryl/α,β-unsaturated/α-hetero) is 1. The summed E-state index contributed by atoms with van der Waals surface area (Å²) in [6, 6.07) is 13.7. The SMILES string of the molecule is O=C1C(=Cc2ccc(Cl)cc2)CS(=O)(=O)CC1=Cc1ccc(Cl)cc1. The molecule has 0 N–H and O–H groups in total. The lowest BCUT2D eigenvalue weighted by atomic mass is 10.0. The number of halogens is 2. The Morgan fingerprint density at radius 1 is 0.720 bits per heavy atom. The fraction of sp³-hybridized carbons (Fsp3) is 0.105. The number of carbonyl (C=O) groups excluding carboxylic acids is 1. The first-order valence-electron chi connectivity index (χ1n) is 7.50. The molecule has 128 valence electrons. The Kier molecular flexibility index (Phi) is 5.13. The second kappa shape index (κ2) is 7.16. The molecular formula is C19H14Cl2O3S. The zero-order valence-electron chi connectivity index (χ0n) is 13.1. The summed E-state index contributed by atoms with van der Waals surface area (Å²) in [7, 11) is -3.38. The van der Waals surface area contributed by atoms with Gasteiger partial charge < -0.3 is 0 Å². The van der Waals surface area contributed by atoms with Crippen LogP contribution in [0.1, 0.15) is 11.1 Å². The normalized spacial score (nSPS) is 20.2. The highest BCUT2D eigenvalue weighted by Gasteiger charge is 2.30. The highest BCUT2D eigenvalue weighted by molar-refractivity contribution is 7.92. The average Bonchev–Trinajstić information content (AvgIpc) is 2.55. The average molecular weight is 393 g/mol. The molecule has 0 atom stereocenters. The van der Waals surface area contributed by atoms with Crippen LogP contribution in [0.3, 0.4) is 0 Å². The molecule has 6 heteroatoms. The molecule has 0 radical (unpaired) electrons. The Morgan fingerprint density at radius 3 is 1.44 bits per heavy atom. The van der Waals surface area contributed by atoms with E-state index in [4.69, 9.17) is 23.2 Å². The molecule has 1 fully saturated rings. The highest BCUT2D eigenvalue weighted by Crippen LogP contribution is 2.24. The lowest BCUT2D eigenvalue weighted by Crippen LogP contribution is -2.28. The number of sulfone groups is 1. The van der Waals surface area contributed by atoms with Crippen molar-refractivity contribution in [2.24, 2.45) is 0 Å². The van der Waals surface area contributed by atoms with E-state index in [-0.39, 0.29) is 28.4 Å². The molecule has 25 heavy (non-hydrogen) atoms.